The third-order valence-electron chi connectivity index (χ3n) is 4.92. The minimum absolute atomic E-state index is 0.0472. The van der Waals surface area contributed by atoms with Gasteiger partial charge in [-0.25, -0.2) is 4.98 Å². The average molecular weight is 373 g/mol. The van der Waals surface area contributed by atoms with E-state index in [9.17, 15) is 4.79 Å². The van der Waals surface area contributed by atoms with Gasteiger partial charge in [-0.1, -0.05) is 36.4 Å². The first-order chi connectivity index (χ1) is 13.2. The summed E-state index contributed by atoms with van der Waals surface area (Å²) in [6, 6.07) is 17.6. The van der Waals surface area contributed by atoms with Crippen LogP contribution in [0.5, 0.6) is 0 Å². The fourth-order valence-corrected chi connectivity index (χ4v) is 4.64. The van der Waals surface area contributed by atoms with Gasteiger partial charge in [-0.2, -0.15) is 5.26 Å². The Hall–Kier alpha value is -2.97. The Balaban J connectivity index is 1.50. The van der Waals surface area contributed by atoms with Crippen LogP contribution in [0.2, 0.25) is 0 Å². The molecular formula is C22H19N3OS. The van der Waals surface area contributed by atoms with Gasteiger partial charge in [0.1, 0.15) is 0 Å². The third-order valence-corrected chi connectivity index (χ3v) is 6.09. The molecule has 0 saturated carbocycles. The van der Waals surface area contributed by atoms with Crippen LogP contribution < -0.4 is 5.32 Å². The maximum absolute atomic E-state index is 12.9. The van der Waals surface area contributed by atoms with E-state index in [1.54, 1.807) is 17.4 Å². The summed E-state index contributed by atoms with van der Waals surface area (Å²) in [4.78, 5) is 17.7. The number of carbonyl (C=O) groups excluding carboxylic acids is 1. The van der Waals surface area contributed by atoms with Crippen molar-refractivity contribution in [3.8, 4) is 6.07 Å². The van der Waals surface area contributed by atoms with Gasteiger partial charge in [0.15, 0.2) is 0 Å². The number of rotatable bonds is 4. The van der Waals surface area contributed by atoms with Crippen molar-refractivity contribution in [2.45, 2.75) is 25.3 Å². The molecule has 2 unspecified atom stereocenters. The number of carbonyl (C=O) groups is 1. The number of hydrogen-bond donors (Lipinski definition) is 1. The van der Waals surface area contributed by atoms with Crippen molar-refractivity contribution in [1.82, 2.24) is 10.3 Å². The molecular weight excluding hydrogens is 354 g/mol. The van der Waals surface area contributed by atoms with Crippen LogP contribution in [0.25, 0.3) is 10.2 Å². The highest BCUT2D eigenvalue weighted by atomic mass is 32.1. The highest BCUT2D eigenvalue weighted by Gasteiger charge is 2.32. The van der Waals surface area contributed by atoms with Crippen molar-refractivity contribution < 1.29 is 4.79 Å². The van der Waals surface area contributed by atoms with E-state index in [2.05, 4.69) is 29.6 Å². The monoisotopic (exact) mass is 373 g/mol. The van der Waals surface area contributed by atoms with E-state index < -0.39 is 0 Å². The fourth-order valence-electron chi connectivity index (χ4n) is 3.50. The molecule has 4 rings (SSSR count). The molecule has 3 aromatic rings. The molecule has 134 valence electrons. The molecule has 2 atom stereocenters. The maximum atomic E-state index is 12.9. The minimum atomic E-state index is -0.116. The molecule has 0 saturated heterocycles. The third kappa shape index (κ3) is 3.76. The summed E-state index contributed by atoms with van der Waals surface area (Å²) < 4.78 is 1.16. The van der Waals surface area contributed by atoms with Crippen LogP contribution in [0.3, 0.4) is 0 Å². The fraction of sp³-hybridized carbons (Fsp3) is 0.227. The van der Waals surface area contributed by atoms with Crippen LogP contribution in [0.1, 0.15) is 34.9 Å². The SMILES string of the molecule is N#Cc1cccc(CNC(=O)C2CC=CCC2c2nc3ccccc3s2)c1. The van der Waals surface area contributed by atoms with Crippen molar-refractivity contribution in [3.63, 3.8) is 0 Å². The zero-order chi connectivity index (χ0) is 18.6. The smallest absolute Gasteiger partial charge is 0.224 e. The molecule has 1 aromatic heterocycles. The Labute approximate surface area is 162 Å². The van der Waals surface area contributed by atoms with Crippen molar-refractivity contribution >= 4 is 27.5 Å². The predicted octanol–water partition coefficient (Wildman–Crippen LogP) is 4.53. The molecule has 0 aliphatic heterocycles. The van der Waals surface area contributed by atoms with Gasteiger partial charge in [0.05, 0.1) is 32.8 Å². The summed E-state index contributed by atoms with van der Waals surface area (Å²) in [6.07, 6.45) is 5.80. The van der Waals surface area contributed by atoms with Gasteiger partial charge in [-0.05, 0) is 42.7 Å². The first-order valence-corrected chi connectivity index (χ1v) is 9.83. The Kier molecular flexibility index (Phi) is 4.99. The molecule has 4 nitrogen and oxygen atoms in total. The summed E-state index contributed by atoms with van der Waals surface area (Å²) >= 11 is 1.68. The molecule has 27 heavy (non-hydrogen) atoms. The number of nitrogens with zero attached hydrogens (tertiary/aromatic N) is 2. The molecule has 0 spiro atoms. The number of hydrogen-bond acceptors (Lipinski definition) is 4. The van der Waals surface area contributed by atoms with Crippen molar-refractivity contribution in [2.75, 3.05) is 0 Å². The second-order valence-corrected chi connectivity index (χ2v) is 7.77. The average Bonchev–Trinajstić information content (AvgIpc) is 3.16. The van der Waals surface area contributed by atoms with Gasteiger partial charge in [-0.15, -0.1) is 11.3 Å². The molecule has 1 heterocycles. The van der Waals surface area contributed by atoms with Gasteiger partial charge < -0.3 is 5.32 Å². The number of thiazole rings is 1. The Morgan fingerprint density at radius 2 is 2.04 bits per heavy atom. The highest BCUT2D eigenvalue weighted by Crippen LogP contribution is 2.38. The number of nitrogens with one attached hydrogen (secondary N) is 1. The van der Waals surface area contributed by atoms with E-state index in [-0.39, 0.29) is 17.7 Å². The number of para-hydroxylation sites is 1. The standard InChI is InChI=1S/C22H19N3OS/c23-13-15-6-5-7-16(12-15)14-24-21(26)17-8-1-2-9-18(17)22-25-19-10-3-4-11-20(19)27-22/h1-7,10-12,17-18H,8-9,14H2,(H,24,26). The van der Waals surface area contributed by atoms with Crippen molar-refractivity contribution in [3.05, 3.63) is 76.8 Å². The van der Waals surface area contributed by atoms with E-state index in [0.717, 1.165) is 33.6 Å². The molecule has 0 bridgehead atoms. The largest absolute Gasteiger partial charge is 0.352 e. The van der Waals surface area contributed by atoms with Crippen LogP contribution in [0.4, 0.5) is 0 Å². The van der Waals surface area contributed by atoms with Crippen LogP contribution in [0, 0.1) is 17.2 Å². The van der Waals surface area contributed by atoms with Crippen LogP contribution >= 0.6 is 11.3 Å². The van der Waals surface area contributed by atoms with Crippen molar-refractivity contribution in [1.29, 1.82) is 5.26 Å². The van der Waals surface area contributed by atoms with E-state index in [4.69, 9.17) is 10.2 Å². The number of benzene rings is 2. The zero-order valence-electron chi connectivity index (χ0n) is 14.8. The number of nitriles is 1. The normalized spacial score (nSPS) is 18.9. The van der Waals surface area contributed by atoms with E-state index in [0.29, 0.717) is 12.1 Å². The summed E-state index contributed by atoms with van der Waals surface area (Å²) in [6.45, 7) is 0.432. The molecule has 2 aromatic carbocycles. The lowest BCUT2D eigenvalue weighted by atomic mass is 9.82. The van der Waals surface area contributed by atoms with Crippen molar-refractivity contribution in [2.24, 2.45) is 5.92 Å². The molecule has 1 aliphatic rings. The topological polar surface area (TPSA) is 65.8 Å². The van der Waals surface area contributed by atoms with Crippen LogP contribution in [-0.4, -0.2) is 10.9 Å². The number of amides is 1. The van der Waals surface area contributed by atoms with E-state index in [1.165, 1.54) is 0 Å². The lowest BCUT2D eigenvalue weighted by Gasteiger charge is -2.26. The quantitative estimate of drug-likeness (QED) is 0.683. The first kappa shape index (κ1) is 17.4. The zero-order valence-corrected chi connectivity index (χ0v) is 15.6. The summed E-state index contributed by atoms with van der Waals surface area (Å²) in [5.41, 5.74) is 2.54. The lowest BCUT2D eigenvalue weighted by Crippen LogP contribution is -2.34. The van der Waals surface area contributed by atoms with E-state index in [1.807, 2.05) is 36.4 Å². The Morgan fingerprint density at radius 3 is 2.89 bits per heavy atom. The lowest BCUT2D eigenvalue weighted by molar-refractivity contribution is -0.125. The minimum Gasteiger partial charge on any atom is -0.352 e. The maximum Gasteiger partial charge on any atom is 0.224 e. The highest BCUT2D eigenvalue weighted by molar-refractivity contribution is 7.18. The molecule has 1 amide bonds. The molecule has 0 radical (unpaired) electrons. The van der Waals surface area contributed by atoms with Gasteiger partial charge in [-0.3, -0.25) is 4.79 Å². The first-order valence-electron chi connectivity index (χ1n) is 9.02. The molecule has 1 aliphatic carbocycles. The Bertz CT molecular complexity index is 1010. The summed E-state index contributed by atoms with van der Waals surface area (Å²) in [5, 5.41) is 13.1. The molecule has 1 N–H and O–H groups in total. The summed E-state index contributed by atoms with van der Waals surface area (Å²) in [5.74, 6) is 0.0403. The Morgan fingerprint density at radius 1 is 1.19 bits per heavy atom. The number of fused-ring (bicyclic) bond motifs is 1. The van der Waals surface area contributed by atoms with Crippen LogP contribution in [0.15, 0.2) is 60.7 Å². The number of allylic oxidation sites excluding steroid dienone is 2. The summed E-state index contributed by atoms with van der Waals surface area (Å²) in [7, 11) is 0. The second kappa shape index (κ2) is 7.73. The van der Waals surface area contributed by atoms with Crippen LogP contribution in [-0.2, 0) is 11.3 Å². The van der Waals surface area contributed by atoms with Gasteiger partial charge in [0, 0.05) is 12.5 Å². The van der Waals surface area contributed by atoms with Gasteiger partial charge >= 0.3 is 0 Å². The predicted molar refractivity (Wildman–Crippen MR) is 107 cm³/mol. The number of aromatic nitrogens is 1. The second-order valence-electron chi connectivity index (χ2n) is 6.71. The van der Waals surface area contributed by atoms with Gasteiger partial charge in [0.25, 0.3) is 0 Å². The molecule has 0 fully saturated rings. The molecule has 5 heteroatoms. The van der Waals surface area contributed by atoms with E-state index >= 15 is 0 Å². The van der Waals surface area contributed by atoms with Gasteiger partial charge in [0.2, 0.25) is 5.91 Å².